The molecule has 0 bridgehead atoms. The summed E-state index contributed by atoms with van der Waals surface area (Å²) in [6.45, 7) is 0. The van der Waals surface area contributed by atoms with Crippen molar-refractivity contribution in [3.8, 4) is 11.5 Å². The summed E-state index contributed by atoms with van der Waals surface area (Å²) in [4.78, 5) is 20.9. The Labute approximate surface area is 194 Å². The van der Waals surface area contributed by atoms with Gasteiger partial charge in [0, 0.05) is 12.1 Å². The molecule has 8 nitrogen and oxygen atoms in total. The summed E-state index contributed by atoms with van der Waals surface area (Å²) in [5.74, 6) is -1.69. The molecule has 4 aromatic rings. The topological polar surface area (TPSA) is 127 Å². The minimum atomic E-state index is -5.19. The number of hydrogen-bond acceptors (Lipinski definition) is 6. The SMILES string of the molecule is O=[N+]([O-])c1cc(C(c2ccc(O)c([N+](=O)[O-])c2)(c2cccc3ccccc23)C(F)(F)F)ccc1O. The normalized spacial score (nSPS) is 12.0. The molecular weight excluding hydrogens is 469 g/mol. The maximum atomic E-state index is 15.4. The molecule has 0 heterocycles. The molecule has 0 aliphatic rings. The van der Waals surface area contributed by atoms with Crippen LogP contribution in [-0.2, 0) is 5.41 Å². The standard InChI is InChI=1S/C24H15F3N2O6/c25-24(26,27)23(15-8-10-21(30)19(12-15)28(32)33,16-9-11-22(31)20(13-16)29(34)35)18-7-3-5-14-4-1-2-6-17(14)18/h1-13,30-31H. The molecule has 4 rings (SSSR count). The number of nitro benzene ring substituents is 2. The number of alkyl halides is 3. The molecule has 0 saturated carbocycles. The molecule has 0 fully saturated rings. The second-order valence-electron chi connectivity index (χ2n) is 7.70. The molecule has 4 aromatic carbocycles. The van der Waals surface area contributed by atoms with Gasteiger partial charge in [-0.15, -0.1) is 0 Å². The Morgan fingerprint density at radius 1 is 0.686 bits per heavy atom. The van der Waals surface area contributed by atoms with Crippen LogP contribution in [0.25, 0.3) is 10.8 Å². The largest absolute Gasteiger partial charge is 0.502 e. The van der Waals surface area contributed by atoms with E-state index in [1.165, 1.54) is 24.3 Å². The monoisotopic (exact) mass is 484 g/mol. The van der Waals surface area contributed by atoms with E-state index < -0.39 is 55.4 Å². The fourth-order valence-electron chi connectivity index (χ4n) is 4.32. The van der Waals surface area contributed by atoms with Gasteiger partial charge in [-0.25, -0.2) is 0 Å². The van der Waals surface area contributed by atoms with E-state index in [1.54, 1.807) is 18.2 Å². The lowest BCUT2D eigenvalue weighted by Crippen LogP contribution is -2.44. The summed E-state index contributed by atoms with van der Waals surface area (Å²) >= 11 is 0. The zero-order valence-electron chi connectivity index (χ0n) is 17.6. The summed E-state index contributed by atoms with van der Waals surface area (Å²) in [7, 11) is 0. The predicted octanol–water partition coefficient (Wildman–Crippen LogP) is 5.96. The van der Waals surface area contributed by atoms with Crippen LogP contribution in [0.1, 0.15) is 16.7 Å². The number of fused-ring (bicyclic) bond motifs is 1. The predicted molar refractivity (Wildman–Crippen MR) is 119 cm³/mol. The lowest BCUT2D eigenvalue weighted by atomic mass is 9.67. The number of phenolic OH excluding ortho intramolecular Hbond substituents is 2. The Morgan fingerprint density at radius 2 is 1.17 bits per heavy atom. The van der Waals surface area contributed by atoms with Crippen LogP contribution in [-0.4, -0.2) is 26.2 Å². The van der Waals surface area contributed by atoms with Gasteiger partial charge in [-0.05, 0) is 39.6 Å². The third kappa shape index (κ3) is 3.66. The first-order valence-corrected chi connectivity index (χ1v) is 9.99. The van der Waals surface area contributed by atoms with E-state index in [9.17, 15) is 30.4 Å². The maximum Gasteiger partial charge on any atom is 0.406 e. The van der Waals surface area contributed by atoms with Crippen LogP contribution in [0.3, 0.4) is 0 Å². The minimum absolute atomic E-state index is 0.152. The lowest BCUT2D eigenvalue weighted by molar-refractivity contribution is -0.386. The van der Waals surface area contributed by atoms with Crippen molar-refractivity contribution in [2.24, 2.45) is 0 Å². The Bertz CT molecular complexity index is 1420. The van der Waals surface area contributed by atoms with Crippen molar-refractivity contribution in [2.45, 2.75) is 11.6 Å². The molecule has 178 valence electrons. The number of hydrogen-bond donors (Lipinski definition) is 2. The number of phenols is 2. The molecule has 0 amide bonds. The Hall–Kier alpha value is -4.67. The van der Waals surface area contributed by atoms with Gasteiger partial charge in [0.05, 0.1) is 9.85 Å². The molecule has 2 N–H and O–H groups in total. The number of nitrogens with zero attached hydrogens (tertiary/aromatic N) is 2. The number of halogens is 3. The summed E-state index contributed by atoms with van der Waals surface area (Å²) in [6.07, 6.45) is -5.19. The van der Waals surface area contributed by atoms with Gasteiger partial charge in [0.2, 0.25) is 0 Å². The van der Waals surface area contributed by atoms with E-state index in [4.69, 9.17) is 0 Å². The summed E-state index contributed by atoms with van der Waals surface area (Å²) < 4.78 is 46.1. The third-order valence-corrected chi connectivity index (χ3v) is 5.83. The molecule has 0 aromatic heterocycles. The zero-order valence-corrected chi connectivity index (χ0v) is 17.6. The smallest absolute Gasteiger partial charge is 0.406 e. The van der Waals surface area contributed by atoms with Gasteiger partial charge in [-0.1, -0.05) is 54.6 Å². The van der Waals surface area contributed by atoms with Crippen molar-refractivity contribution in [3.05, 3.63) is 116 Å². The first kappa shape index (κ1) is 23.5. The number of benzene rings is 4. The van der Waals surface area contributed by atoms with Gasteiger partial charge in [-0.3, -0.25) is 20.2 Å². The quantitative estimate of drug-likeness (QED) is 0.204. The first-order chi connectivity index (χ1) is 16.5. The Balaban J connectivity index is 2.25. The average molecular weight is 484 g/mol. The van der Waals surface area contributed by atoms with Crippen molar-refractivity contribution in [2.75, 3.05) is 0 Å². The fraction of sp³-hybridized carbons (Fsp3) is 0.0833. The highest BCUT2D eigenvalue weighted by Gasteiger charge is 2.59. The van der Waals surface area contributed by atoms with Gasteiger partial charge in [0.15, 0.2) is 11.5 Å². The van der Waals surface area contributed by atoms with Gasteiger partial charge in [0.25, 0.3) is 0 Å². The highest BCUT2D eigenvalue weighted by molar-refractivity contribution is 5.88. The van der Waals surface area contributed by atoms with E-state index in [-0.39, 0.29) is 10.9 Å². The van der Waals surface area contributed by atoms with Gasteiger partial charge >= 0.3 is 17.6 Å². The van der Waals surface area contributed by atoms with Gasteiger partial charge in [0.1, 0.15) is 5.41 Å². The number of aromatic hydroxyl groups is 2. The second kappa shape index (κ2) is 8.28. The van der Waals surface area contributed by atoms with Crippen LogP contribution in [0.4, 0.5) is 24.5 Å². The van der Waals surface area contributed by atoms with Crippen molar-refractivity contribution in [3.63, 3.8) is 0 Å². The van der Waals surface area contributed by atoms with Crippen LogP contribution in [0, 0.1) is 20.2 Å². The highest BCUT2D eigenvalue weighted by atomic mass is 19.4. The Kier molecular flexibility index (Phi) is 5.55. The van der Waals surface area contributed by atoms with Gasteiger partial charge < -0.3 is 10.2 Å². The number of nitro groups is 2. The molecule has 0 aliphatic carbocycles. The van der Waals surface area contributed by atoms with Crippen LogP contribution in [0.5, 0.6) is 11.5 Å². The fourth-order valence-corrected chi connectivity index (χ4v) is 4.32. The third-order valence-electron chi connectivity index (χ3n) is 5.83. The van der Waals surface area contributed by atoms with Crippen molar-refractivity contribution in [1.82, 2.24) is 0 Å². The zero-order chi connectivity index (χ0) is 25.5. The first-order valence-electron chi connectivity index (χ1n) is 9.99. The van der Waals surface area contributed by atoms with E-state index in [1.807, 2.05) is 0 Å². The molecule has 0 unspecified atom stereocenters. The molecular formula is C24H15F3N2O6. The van der Waals surface area contributed by atoms with Crippen LogP contribution >= 0.6 is 0 Å². The maximum absolute atomic E-state index is 15.4. The van der Waals surface area contributed by atoms with Crippen molar-refractivity contribution >= 4 is 22.1 Å². The number of rotatable bonds is 5. The van der Waals surface area contributed by atoms with Crippen LogP contribution < -0.4 is 0 Å². The minimum Gasteiger partial charge on any atom is -0.502 e. The molecule has 0 saturated heterocycles. The lowest BCUT2D eigenvalue weighted by Gasteiger charge is -2.38. The van der Waals surface area contributed by atoms with Crippen molar-refractivity contribution < 1.29 is 33.2 Å². The summed E-state index contributed by atoms with van der Waals surface area (Å²) in [5, 5.41) is 43.3. The van der Waals surface area contributed by atoms with Crippen LogP contribution in [0.2, 0.25) is 0 Å². The van der Waals surface area contributed by atoms with E-state index in [2.05, 4.69) is 0 Å². The molecule has 0 radical (unpaired) electrons. The van der Waals surface area contributed by atoms with E-state index in [0.29, 0.717) is 17.5 Å². The van der Waals surface area contributed by atoms with E-state index >= 15 is 13.2 Å². The molecule has 35 heavy (non-hydrogen) atoms. The molecule has 11 heteroatoms. The summed E-state index contributed by atoms with van der Waals surface area (Å²) in [5.41, 5.74) is -6.72. The van der Waals surface area contributed by atoms with E-state index in [0.717, 1.165) is 24.3 Å². The van der Waals surface area contributed by atoms with Crippen LogP contribution in [0.15, 0.2) is 78.9 Å². The van der Waals surface area contributed by atoms with Gasteiger partial charge in [-0.2, -0.15) is 13.2 Å². The van der Waals surface area contributed by atoms with Crippen molar-refractivity contribution in [1.29, 1.82) is 0 Å². The Morgan fingerprint density at radius 3 is 1.66 bits per heavy atom. The second-order valence-corrected chi connectivity index (χ2v) is 7.70. The average Bonchev–Trinajstić information content (AvgIpc) is 2.80. The molecule has 0 aliphatic heterocycles. The molecule has 0 atom stereocenters. The summed E-state index contributed by atoms with van der Waals surface area (Å²) in [6, 6.07) is 14.8. The molecule has 0 spiro atoms. The highest BCUT2D eigenvalue weighted by Crippen LogP contribution is 2.54.